The van der Waals surface area contributed by atoms with E-state index in [0.717, 1.165) is 0 Å². The third-order valence-electron chi connectivity index (χ3n) is 7.00. The zero-order valence-electron chi connectivity index (χ0n) is 15.7. The van der Waals surface area contributed by atoms with Gasteiger partial charge in [-0.1, -0.05) is 82.0 Å². The molecule has 0 unspecified atom stereocenters. The summed E-state index contributed by atoms with van der Waals surface area (Å²) in [4.78, 5) is 0. The molecule has 4 rings (SSSR count). The van der Waals surface area contributed by atoms with Gasteiger partial charge in [-0.25, -0.2) is 0 Å². The smallest absolute Gasteiger partial charge is 0.117 e. The molecule has 1 aromatic rings. The van der Waals surface area contributed by atoms with Gasteiger partial charge in [0.2, 0.25) is 0 Å². The number of azo groups is 1. The van der Waals surface area contributed by atoms with Gasteiger partial charge in [0.1, 0.15) is 11.1 Å². The van der Waals surface area contributed by atoms with Crippen molar-refractivity contribution in [2.45, 2.75) is 63.8 Å². The number of nitrogens with zero attached hydrogens (tertiary/aromatic N) is 2. The van der Waals surface area contributed by atoms with Crippen LogP contribution in [0.15, 0.2) is 52.3 Å². The van der Waals surface area contributed by atoms with Crippen molar-refractivity contribution in [3.63, 3.8) is 0 Å². The topological polar surface area (TPSA) is 24.7 Å². The van der Waals surface area contributed by atoms with E-state index in [4.69, 9.17) is 10.2 Å². The molecular formula is C21H30N2Si. The van der Waals surface area contributed by atoms with Crippen molar-refractivity contribution in [3.8, 4) is 0 Å². The lowest BCUT2D eigenvalue weighted by molar-refractivity contribution is 0.164. The van der Waals surface area contributed by atoms with Crippen LogP contribution in [0, 0.1) is 17.3 Å². The Hall–Kier alpha value is -1.22. The summed E-state index contributed by atoms with van der Waals surface area (Å²) in [7, 11) is -1.26. The molecule has 0 amide bonds. The predicted octanol–water partition coefficient (Wildman–Crippen LogP) is 5.98. The van der Waals surface area contributed by atoms with Gasteiger partial charge in [-0.15, -0.1) is 0 Å². The Morgan fingerprint density at radius 1 is 1.00 bits per heavy atom. The minimum atomic E-state index is -1.26. The highest BCUT2D eigenvalue weighted by Crippen LogP contribution is 2.74. The molecule has 3 aliphatic rings. The lowest BCUT2D eigenvalue weighted by Gasteiger charge is -2.40. The Balaban J connectivity index is 1.90. The highest BCUT2D eigenvalue weighted by atomic mass is 28.3. The van der Waals surface area contributed by atoms with Gasteiger partial charge in [0.05, 0.1) is 8.07 Å². The van der Waals surface area contributed by atoms with Crippen LogP contribution < -0.4 is 0 Å². The Morgan fingerprint density at radius 3 is 2.33 bits per heavy atom. The molecule has 2 aliphatic carbocycles. The highest BCUT2D eigenvalue weighted by molar-refractivity contribution is 6.80. The molecule has 1 aliphatic heterocycles. The Labute approximate surface area is 147 Å². The van der Waals surface area contributed by atoms with Gasteiger partial charge < -0.3 is 0 Å². The minimum absolute atomic E-state index is 0.0350. The van der Waals surface area contributed by atoms with Gasteiger partial charge in [0, 0.05) is 5.41 Å². The fraction of sp³-hybridized carbons (Fsp3) is 0.619. The third-order valence-corrected chi connectivity index (χ3v) is 8.16. The lowest BCUT2D eigenvalue weighted by Crippen LogP contribution is -2.45. The molecule has 0 aromatic heterocycles. The second-order valence-corrected chi connectivity index (χ2v) is 14.7. The van der Waals surface area contributed by atoms with Crippen LogP contribution in [0.25, 0.3) is 0 Å². The molecule has 2 saturated carbocycles. The van der Waals surface area contributed by atoms with Crippen molar-refractivity contribution in [1.29, 1.82) is 0 Å². The van der Waals surface area contributed by atoms with E-state index in [2.05, 4.69) is 75.6 Å². The SMILES string of the molecule is CC1(C)[C@@]2(/C=C/[Si](C)(C)C)N=N[C@]1(c1ccccc1)[C@@H]1CCC[C@@H]12. The fourth-order valence-corrected chi connectivity index (χ4v) is 6.60. The minimum Gasteiger partial charge on any atom is -0.181 e. The van der Waals surface area contributed by atoms with E-state index < -0.39 is 8.07 Å². The van der Waals surface area contributed by atoms with Crippen LogP contribution in [0.1, 0.15) is 38.7 Å². The summed E-state index contributed by atoms with van der Waals surface area (Å²) < 4.78 is 0. The number of rotatable bonds is 3. The number of fused-ring (bicyclic) bond motifs is 5. The van der Waals surface area contributed by atoms with Gasteiger partial charge in [-0.05, 0) is 30.2 Å². The van der Waals surface area contributed by atoms with Gasteiger partial charge in [-0.2, -0.15) is 10.2 Å². The van der Waals surface area contributed by atoms with Crippen LogP contribution in [0.3, 0.4) is 0 Å². The van der Waals surface area contributed by atoms with Crippen LogP contribution in [0.2, 0.25) is 19.6 Å². The summed E-state index contributed by atoms with van der Waals surface area (Å²) in [5.74, 6) is 1.29. The fourth-order valence-electron chi connectivity index (χ4n) is 5.85. The van der Waals surface area contributed by atoms with Crippen molar-refractivity contribution >= 4 is 8.07 Å². The average Bonchev–Trinajstić information content (AvgIpc) is 3.13. The van der Waals surface area contributed by atoms with Crippen LogP contribution in [-0.2, 0) is 5.54 Å². The lowest BCUT2D eigenvalue weighted by atomic mass is 9.63. The molecule has 2 nitrogen and oxygen atoms in total. The number of benzene rings is 1. The van der Waals surface area contributed by atoms with Crippen LogP contribution in [0.5, 0.6) is 0 Å². The molecule has 2 bridgehead atoms. The maximum absolute atomic E-state index is 5.06. The monoisotopic (exact) mass is 338 g/mol. The molecule has 128 valence electrons. The zero-order valence-corrected chi connectivity index (χ0v) is 16.7. The molecule has 1 aromatic carbocycles. The normalized spacial score (nSPS) is 39.7. The Morgan fingerprint density at radius 2 is 1.67 bits per heavy atom. The summed E-state index contributed by atoms with van der Waals surface area (Å²) in [6, 6.07) is 11.0. The quantitative estimate of drug-likeness (QED) is 0.606. The predicted molar refractivity (Wildman–Crippen MR) is 103 cm³/mol. The molecular weight excluding hydrogens is 308 g/mol. The maximum Gasteiger partial charge on any atom is 0.117 e. The second-order valence-electron chi connectivity index (χ2n) is 9.63. The number of hydrogen-bond acceptors (Lipinski definition) is 2. The average molecular weight is 339 g/mol. The maximum atomic E-state index is 5.06. The summed E-state index contributed by atoms with van der Waals surface area (Å²) in [6.07, 6.45) is 6.42. The first-order valence-electron chi connectivity index (χ1n) is 9.45. The van der Waals surface area contributed by atoms with E-state index in [-0.39, 0.29) is 16.5 Å². The Kier molecular flexibility index (Phi) is 3.32. The molecule has 1 heterocycles. The van der Waals surface area contributed by atoms with Crippen molar-refractivity contribution in [1.82, 2.24) is 0 Å². The molecule has 0 N–H and O–H groups in total. The Bertz CT molecular complexity index is 700. The first-order chi connectivity index (χ1) is 11.2. The molecule has 0 spiro atoms. The van der Waals surface area contributed by atoms with Crippen LogP contribution in [0.4, 0.5) is 0 Å². The van der Waals surface area contributed by atoms with Gasteiger partial charge in [0.25, 0.3) is 0 Å². The number of hydrogen-bond donors (Lipinski definition) is 0. The molecule has 0 radical (unpaired) electrons. The summed E-state index contributed by atoms with van der Waals surface area (Å²) in [5, 5.41) is 10.1. The van der Waals surface area contributed by atoms with E-state index in [1.807, 2.05) is 0 Å². The van der Waals surface area contributed by atoms with Gasteiger partial charge in [-0.3, -0.25) is 0 Å². The zero-order chi connectivity index (χ0) is 17.2. The van der Waals surface area contributed by atoms with Crippen molar-refractivity contribution < 1.29 is 0 Å². The summed E-state index contributed by atoms with van der Waals surface area (Å²) >= 11 is 0. The summed E-state index contributed by atoms with van der Waals surface area (Å²) in [5.41, 5.74) is 3.67. The van der Waals surface area contributed by atoms with Gasteiger partial charge in [0.15, 0.2) is 0 Å². The van der Waals surface area contributed by atoms with E-state index in [0.29, 0.717) is 11.8 Å². The summed E-state index contributed by atoms with van der Waals surface area (Å²) in [6.45, 7) is 12.1. The van der Waals surface area contributed by atoms with Crippen LogP contribution >= 0.6 is 0 Å². The third kappa shape index (κ3) is 1.82. The first-order valence-corrected chi connectivity index (χ1v) is 13.0. The largest absolute Gasteiger partial charge is 0.181 e. The van der Waals surface area contributed by atoms with E-state index >= 15 is 0 Å². The molecule has 2 fully saturated rings. The van der Waals surface area contributed by atoms with E-state index in [1.54, 1.807) is 0 Å². The van der Waals surface area contributed by atoms with Crippen molar-refractivity contribution in [2.24, 2.45) is 27.5 Å². The molecule has 24 heavy (non-hydrogen) atoms. The standard InChI is InChI=1S/C21H30N2Si/c1-19(2)20(14-15-24(3,4)5)17-12-9-13-18(17)21(19,23-22-20)16-10-7-6-8-11-16/h6-8,10-11,14-15,17-18H,9,12-13H2,1-5H3/b15-14+/t17-,18+,20-,21+/m0/s1. The molecule has 0 saturated heterocycles. The van der Waals surface area contributed by atoms with E-state index in [1.165, 1.54) is 24.8 Å². The second kappa shape index (κ2) is 4.91. The molecule has 4 atom stereocenters. The highest BCUT2D eigenvalue weighted by Gasteiger charge is 2.76. The molecule has 3 heteroatoms. The van der Waals surface area contributed by atoms with Crippen LogP contribution in [-0.4, -0.2) is 13.6 Å². The van der Waals surface area contributed by atoms with Crippen molar-refractivity contribution in [2.75, 3.05) is 0 Å². The van der Waals surface area contributed by atoms with Gasteiger partial charge >= 0.3 is 0 Å². The first kappa shape index (κ1) is 16.3. The van der Waals surface area contributed by atoms with Crippen molar-refractivity contribution in [3.05, 3.63) is 47.7 Å². The van der Waals surface area contributed by atoms with E-state index in [9.17, 15) is 0 Å².